The second-order valence-electron chi connectivity index (χ2n) is 8.01. The van der Waals surface area contributed by atoms with Gasteiger partial charge in [-0.25, -0.2) is 4.79 Å². The molecule has 8 nitrogen and oxygen atoms in total. The highest BCUT2D eigenvalue weighted by atomic mass is 16.6. The van der Waals surface area contributed by atoms with Gasteiger partial charge < -0.3 is 24.6 Å². The molecule has 1 N–H and O–H groups in total. The summed E-state index contributed by atoms with van der Waals surface area (Å²) in [7, 11) is 0. The van der Waals surface area contributed by atoms with E-state index in [1.807, 2.05) is 34.6 Å². The molecule has 0 bridgehead atoms. The third kappa shape index (κ3) is 6.07. The highest BCUT2D eigenvalue weighted by Crippen LogP contribution is 2.18. The lowest BCUT2D eigenvalue weighted by molar-refractivity contribution is -0.147. The second kappa shape index (κ2) is 8.60. The Kier molecular flexibility index (Phi) is 6.72. The number of carbonyl (C=O) groups is 2. The van der Waals surface area contributed by atoms with Crippen LogP contribution in [0.1, 0.15) is 47.5 Å². The maximum atomic E-state index is 12.2. The first kappa shape index (κ1) is 20.3. The highest BCUT2D eigenvalue weighted by molar-refractivity contribution is 5.82. The fourth-order valence-corrected chi connectivity index (χ4v) is 2.98. The number of ether oxygens (including phenoxy) is 2. The molecule has 148 valence electrons. The van der Waals surface area contributed by atoms with Gasteiger partial charge in [0.25, 0.3) is 0 Å². The maximum absolute atomic E-state index is 12.2. The molecule has 0 radical (unpaired) electrons. The number of nitrogens with zero attached hydrogens (tertiary/aromatic N) is 3. The molecule has 2 aliphatic rings. The van der Waals surface area contributed by atoms with E-state index in [9.17, 15) is 9.59 Å². The number of amides is 1. The molecule has 0 spiro atoms. The minimum absolute atomic E-state index is 0.0725. The fraction of sp³-hybridized carbons (Fsp3) is 0.833. The van der Waals surface area contributed by atoms with Gasteiger partial charge in [-0.05, 0) is 41.0 Å². The summed E-state index contributed by atoms with van der Waals surface area (Å²) in [5, 5.41) is 3.31. The van der Waals surface area contributed by atoms with Crippen LogP contribution in [0.3, 0.4) is 0 Å². The molecule has 1 fully saturated rings. The molecule has 1 atom stereocenters. The SMILES string of the molecule is CC(C)OC(=O)CCCNC1=NCC2CN(C(=O)OC(C)(C)C)CCN12. The third-order valence-electron chi connectivity index (χ3n) is 4.07. The molecule has 2 rings (SSSR count). The highest BCUT2D eigenvalue weighted by Gasteiger charge is 2.36. The number of carbonyl (C=O) groups excluding carboxylic acids is 2. The molecular formula is C18H32N4O4. The number of nitrogens with one attached hydrogen (secondary N) is 1. The standard InChI is InChI=1S/C18H32N4O4/c1-13(2)25-15(23)7-6-8-19-16-20-11-14-12-21(9-10-22(14)16)17(24)26-18(3,4)5/h13-14H,6-12H2,1-5H3,(H,19,20). The molecule has 2 aliphatic heterocycles. The predicted octanol–water partition coefficient (Wildman–Crippen LogP) is 1.60. The summed E-state index contributed by atoms with van der Waals surface area (Å²) in [6.07, 6.45) is 0.764. The summed E-state index contributed by atoms with van der Waals surface area (Å²) in [6, 6.07) is 0.185. The number of hydrogen-bond donors (Lipinski definition) is 1. The van der Waals surface area contributed by atoms with Crippen molar-refractivity contribution in [3.63, 3.8) is 0 Å². The van der Waals surface area contributed by atoms with Crippen molar-refractivity contribution >= 4 is 18.0 Å². The molecule has 2 heterocycles. The number of rotatable bonds is 5. The first-order valence-electron chi connectivity index (χ1n) is 9.38. The van der Waals surface area contributed by atoms with Crippen molar-refractivity contribution < 1.29 is 19.1 Å². The summed E-state index contributed by atoms with van der Waals surface area (Å²) in [6.45, 7) is 12.6. The molecular weight excluding hydrogens is 336 g/mol. The lowest BCUT2D eigenvalue weighted by Crippen LogP contribution is -2.57. The number of aliphatic imine (C=N–C) groups is 1. The zero-order valence-corrected chi connectivity index (χ0v) is 16.6. The number of esters is 1. The van der Waals surface area contributed by atoms with Gasteiger partial charge in [-0.3, -0.25) is 9.79 Å². The van der Waals surface area contributed by atoms with Gasteiger partial charge >= 0.3 is 12.1 Å². The first-order chi connectivity index (χ1) is 12.2. The van der Waals surface area contributed by atoms with Crippen LogP contribution in [0.15, 0.2) is 4.99 Å². The monoisotopic (exact) mass is 368 g/mol. The largest absolute Gasteiger partial charge is 0.463 e. The van der Waals surface area contributed by atoms with Crippen molar-refractivity contribution in [2.24, 2.45) is 4.99 Å². The fourth-order valence-electron chi connectivity index (χ4n) is 2.98. The van der Waals surface area contributed by atoms with Crippen molar-refractivity contribution in [2.75, 3.05) is 32.7 Å². The Morgan fingerprint density at radius 2 is 2.04 bits per heavy atom. The van der Waals surface area contributed by atoms with Gasteiger partial charge in [0.05, 0.1) is 18.7 Å². The molecule has 0 aliphatic carbocycles. The van der Waals surface area contributed by atoms with Gasteiger partial charge in [0.2, 0.25) is 0 Å². The van der Waals surface area contributed by atoms with Gasteiger partial charge in [0.15, 0.2) is 5.96 Å². The molecule has 1 unspecified atom stereocenters. The summed E-state index contributed by atoms with van der Waals surface area (Å²) in [5.41, 5.74) is -0.482. The summed E-state index contributed by atoms with van der Waals surface area (Å²) >= 11 is 0. The molecule has 26 heavy (non-hydrogen) atoms. The Bertz CT molecular complexity index is 542. The average Bonchev–Trinajstić information content (AvgIpc) is 2.91. The van der Waals surface area contributed by atoms with Crippen LogP contribution >= 0.6 is 0 Å². The van der Waals surface area contributed by atoms with Gasteiger partial charge in [0.1, 0.15) is 5.60 Å². The maximum Gasteiger partial charge on any atom is 0.410 e. The lowest BCUT2D eigenvalue weighted by atomic mass is 10.2. The van der Waals surface area contributed by atoms with E-state index in [0.717, 1.165) is 12.5 Å². The first-order valence-corrected chi connectivity index (χ1v) is 9.38. The van der Waals surface area contributed by atoms with E-state index in [2.05, 4.69) is 15.2 Å². The van der Waals surface area contributed by atoms with E-state index in [4.69, 9.17) is 9.47 Å². The van der Waals surface area contributed by atoms with Crippen LogP contribution in [-0.2, 0) is 14.3 Å². The summed E-state index contributed by atoms with van der Waals surface area (Å²) in [5.74, 6) is 0.690. The number of fused-ring (bicyclic) bond motifs is 1. The van der Waals surface area contributed by atoms with Gasteiger partial charge in [0, 0.05) is 32.6 Å². The van der Waals surface area contributed by atoms with Crippen molar-refractivity contribution in [1.82, 2.24) is 15.1 Å². The van der Waals surface area contributed by atoms with E-state index in [-0.39, 0.29) is 24.2 Å². The average molecular weight is 368 g/mol. The molecule has 0 aromatic heterocycles. The van der Waals surface area contributed by atoms with Crippen LogP contribution in [-0.4, -0.2) is 78.3 Å². The van der Waals surface area contributed by atoms with E-state index >= 15 is 0 Å². The van der Waals surface area contributed by atoms with Gasteiger partial charge in [-0.2, -0.15) is 0 Å². The normalized spacial score (nSPS) is 19.9. The number of hydrogen-bond acceptors (Lipinski definition) is 7. The van der Waals surface area contributed by atoms with Crippen LogP contribution in [0.2, 0.25) is 0 Å². The number of guanidine groups is 1. The van der Waals surface area contributed by atoms with Crippen LogP contribution in [0.5, 0.6) is 0 Å². The second-order valence-corrected chi connectivity index (χ2v) is 8.01. The zero-order valence-electron chi connectivity index (χ0n) is 16.6. The molecule has 0 saturated carbocycles. The van der Waals surface area contributed by atoms with Crippen molar-refractivity contribution in [1.29, 1.82) is 0 Å². The Balaban J connectivity index is 1.71. The van der Waals surface area contributed by atoms with Crippen LogP contribution in [0, 0.1) is 0 Å². The topological polar surface area (TPSA) is 83.5 Å². The third-order valence-corrected chi connectivity index (χ3v) is 4.07. The van der Waals surface area contributed by atoms with E-state index in [1.165, 1.54) is 0 Å². The molecule has 8 heteroatoms. The zero-order chi connectivity index (χ0) is 19.3. The summed E-state index contributed by atoms with van der Waals surface area (Å²) < 4.78 is 10.6. The predicted molar refractivity (Wildman–Crippen MR) is 99.1 cm³/mol. The molecule has 1 saturated heterocycles. The Labute approximate surface area is 155 Å². The molecule has 1 amide bonds. The van der Waals surface area contributed by atoms with Crippen LogP contribution < -0.4 is 5.32 Å². The Morgan fingerprint density at radius 1 is 1.31 bits per heavy atom. The summed E-state index contributed by atoms with van der Waals surface area (Å²) in [4.78, 5) is 32.3. The lowest BCUT2D eigenvalue weighted by Gasteiger charge is -2.39. The van der Waals surface area contributed by atoms with E-state index in [0.29, 0.717) is 39.0 Å². The van der Waals surface area contributed by atoms with E-state index < -0.39 is 5.60 Å². The number of piperazine rings is 1. The quantitative estimate of drug-likeness (QED) is 0.586. The van der Waals surface area contributed by atoms with Gasteiger partial charge in [-0.15, -0.1) is 0 Å². The van der Waals surface area contributed by atoms with Crippen LogP contribution in [0.4, 0.5) is 4.79 Å². The van der Waals surface area contributed by atoms with Crippen molar-refractivity contribution in [3.8, 4) is 0 Å². The van der Waals surface area contributed by atoms with Crippen molar-refractivity contribution in [2.45, 2.75) is 65.2 Å². The van der Waals surface area contributed by atoms with Crippen molar-refractivity contribution in [3.05, 3.63) is 0 Å². The molecule has 0 aromatic carbocycles. The minimum Gasteiger partial charge on any atom is -0.463 e. The minimum atomic E-state index is -0.482. The molecule has 0 aromatic rings. The Hall–Kier alpha value is -1.99. The van der Waals surface area contributed by atoms with E-state index in [1.54, 1.807) is 4.90 Å². The van der Waals surface area contributed by atoms with Gasteiger partial charge in [-0.1, -0.05) is 0 Å². The Morgan fingerprint density at radius 3 is 2.69 bits per heavy atom. The smallest absolute Gasteiger partial charge is 0.410 e. The van der Waals surface area contributed by atoms with Crippen LogP contribution in [0.25, 0.3) is 0 Å².